The summed E-state index contributed by atoms with van der Waals surface area (Å²) in [5.74, 6) is 1.09. The molecule has 100 valence electrons. The second kappa shape index (κ2) is 6.01. The van der Waals surface area contributed by atoms with Crippen LogP contribution in [-0.2, 0) is 0 Å². The van der Waals surface area contributed by atoms with E-state index in [1.54, 1.807) is 6.20 Å². The van der Waals surface area contributed by atoms with Crippen LogP contribution in [0.25, 0.3) is 0 Å². The number of anilines is 4. The molecular formula is C13H18N6. The molecule has 1 aromatic carbocycles. The summed E-state index contributed by atoms with van der Waals surface area (Å²) in [5.41, 5.74) is 13.9. The van der Waals surface area contributed by atoms with Gasteiger partial charge in [-0.25, -0.2) is 4.98 Å². The molecule has 0 saturated heterocycles. The standard InChI is InChI=1S/C13H18N6/c1-9-3-2-4-10(7-9)18-12-11(15)8-17-13(19-12)16-6-5-14/h2-4,7-8H,5-6,14-15H2,1H3,(H2,16,17,18,19). The van der Waals surface area contributed by atoms with E-state index in [0.717, 1.165) is 5.69 Å². The van der Waals surface area contributed by atoms with Crippen molar-refractivity contribution in [3.63, 3.8) is 0 Å². The highest BCUT2D eigenvalue weighted by Crippen LogP contribution is 2.21. The third-order valence-corrected chi connectivity index (χ3v) is 2.53. The van der Waals surface area contributed by atoms with E-state index in [9.17, 15) is 0 Å². The fraction of sp³-hybridized carbons (Fsp3) is 0.231. The van der Waals surface area contributed by atoms with Crippen molar-refractivity contribution < 1.29 is 0 Å². The van der Waals surface area contributed by atoms with E-state index in [-0.39, 0.29) is 0 Å². The molecule has 0 amide bonds. The van der Waals surface area contributed by atoms with Crippen LogP contribution in [0.2, 0.25) is 0 Å². The summed E-state index contributed by atoms with van der Waals surface area (Å²) in [4.78, 5) is 8.41. The molecule has 0 fully saturated rings. The van der Waals surface area contributed by atoms with Crippen molar-refractivity contribution in [2.24, 2.45) is 5.73 Å². The van der Waals surface area contributed by atoms with Crippen LogP contribution in [0, 0.1) is 6.92 Å². The maximum absolute atomic E-state index is 5.86. The summed E-state index contributed by atoms with van der Waals surface area (Å²) < 4.78 is 0. The molecule has 1 aromatic heterocycles. The highest BCUT2D eigenvalue weighted by atomic mass is 15.2. The van der Waals surface area contributed by atoms with Crippen LogP contribution in [0.4, 0.5) is 23.1 Å². The zero-order valence-electron chi connectivity index (χ0n) is 10.9. The van der Waals surface area contributed by atoms with Crippen LogP contribution < -0.4 is 22.1 Å². The highest BCUT2D eigenvalue weighted by Gasteiger charge is 2.04. The third-order valence-electron chi connectivity index (χ3n) is 2.53. The molecule has 6 heteroatoms. The van der Waals surface area contributed by atoms with E-state index in [0.29, 0.717) is 30.5 Å². The van der Waals surface area contributed by atoms with Gasteiger partial charge in [-0.2, -0.15) is 4.98 Å². The van der Waals surface area contributed by atoms with Crippen LogP contribution in [-0.4, -0.2) is 23.1 Å². The molecular weight excluding hydrogens is 240 g/mol. The number of nitrogens with one attached hydrogen (secondary N) is 2. The molecule has 0 aliphatic heterocycles. The van der Waals surface area contributed by atoms with Crippen LogP contribution in [0.3, 0.4) is 0 Å². The zero-order valence-corrected chi connectivity index (χ0v) is 10.9. The molecule has 0 aliphatic rings. The summed E-state index contributed by atoms with van der Waals surface area (Å²) in [6, 6.07) is 7.99. The molecule has 19 heavy (non-hydrogen) atoms. The minimum atomic E-state index is 0.500. The number of nitrogen functional groups attached to an aromatic ring is 1. The Kier molecular flexibility index (Phi) is 4.15. The number of hydrogen-bond acceptors (Lipinski definition) is 6. The Bertz CT molecular complexity index is 555. The average molecular weight is 258 g/mol. The number of rotatable bonds is 5. The second-order valence-electron chi connectivity index (χ2n) is 4.21. The summed E-state index contributed by atoms with van der Waals surface area (Å²) in [7, 11) is 0. The first-order valence-corrected chi connectivity index (χ1v) is 6.09. The molecule has 0 spiro atoms. The Labute approximate surface area is 112 Å². The van der Waals surface area contributed by atoms with Gasteiger partial charge in [0, 0.05) is 18.8 Å². The normalized spacial score (nSPS) is 10.2. The molecule has 0 saturated carbocycles. The van der Waals surface area contributed by atoms with E-state index in [1.807, 2.05) is 31.2 Å². The second-order valence-corrected chi connectivity index (χ2v) is 4.21. The number of hydrogen-bond donors (Lipinski definition) is 4. The van der Waals surface area contributed by atoms with Crippen molar-refractivity contribution >= 4 is 23.1 Å². The molecule has 0 unspecified atom stereocenters. The average Bonchev–Trinajstić information content (AvgIpc) is 2.40. The van der Waals surface area contributed by atoms with E-state index in [1.165, 1.54) is 5.56 Å². The smallest absolute Gasteiger partial charge is 0.224 e. The predicted octanol–water partition coefficient (Wildman–Crippen LogP) is 1.48. The summed E-state index contributed by atoms with van der Waals surface area (Å²) in [5, 5.41) is 6.20. The largest absolute Gasteiger partial charge is 0.394 e. The van der Waals surface area contributed by atoms with Gasteiger partial charge in [-0.15, -0.1) is 0 Å². The Morgan fingerprint density at radius 2 is 2.16 bits per heavy atom. The Morgan fingerprint density at radius 1 is 1.32 bits per heavy atom. The van der Waals surface area contributed by atoms with E-state index in [2.05, 4.69) is 20.6 Å². The van der Waals surface area contributed by atoms with Gasteiger partial charge in [0.25, 0.3) is 0 Å². The number of aromatic nitrogens is 2. The lowest BCUT2D eigenvalue weighted by molar-refractivity contribution is 0.991. The predicted molar refractivity (Wildman–Crippen MR) is 78.5 cm³/mol. The first-order chi connectivity index (χ1) is 9.19. The van der Waals surface area contributed by atoms with Gasteiger partial charge in [0.05, 0.1) is 11.9 Å². The topological polar surface area (TPSA) is 102 Å². The maximum atomic E-state index is 5.86. The molecule has 0 aliphatic carbocycles. The van der Waals surface area contributed by atoms with Gasteiger partial charge in [0.2, 0.25) is 5.95 Å². The molecule has 1 heterocycles. The first-order valence-electron chi connectivity index (χ1n) is 6.09. The monoisotopic (exact) mass is 258 g/mol. The molecule has 6 nitrogen and oxygen atoms in total. The summed E-state index contributed by atoms with van der Waals surface area (Å²) >= 11 is 0. The van der Waals surface area contributed by atoms with Crippen molar-refractivity contribution in [3.05, 3.63) is 36.0 Å². The van der Waals surface area contributed by atoms with E-state index >= 15 is 0 Å². The molecule has 0 bridgehead atoms. The fourth-order valence-corrected chi connectivity index (χ4v) is 1.62. The van der Waals surface area contributed by atoms with Crippen LogP contribution in [0.1, 0.15) is 5.56 Å². The van der Waals surface area contributed by atoms with Crippen molar-refractivity contribution in [1.29, 1.82) is 0 Å². The van der Waals surface area contributed by atoms with Crippen LogP contribution in [0.15, 0.2) is 30.5 Å². The van der Waals surface area contributed by atoms with Gasteiger partial charge in [0.1, 0.15) is 0 Å². The summed E-state index contributed by atoms with van der Waals surface area (Å²) in [6.45, 7) is 3.17. The van der Waals surface area contributed by atoms with Gasteiger partial charge in [-0.1, -0.05) is 12.1 Å². The van der Waals surface area contributed by atoms with Crippen LogP contribution in [0.5, 0.6) is 0 Å². The Hall–Kier alpha value is -2.34. The van der Waals surface area contributed by atoms with Crippen LogP contribution >= 0.6 is 0 Å². The lowest BCUT2D eigenvalue weighted by Gasteiger charge is -2.10. The maximum Gasteiger partial charge on any atom is 0.224 e. The summed E-state index contributed by atoms with van der Waals surface area (Å²) in [6.07, 6.45) is 1.57. The third kappa shape index (κ3) is 3.56. The number of aryl methyl sites for hydroxylation is 1. The Balaban J connectivity index is 2.19. The minimum absolute atomic E-state index is 0.500. The number of benzene rings is 1. The SMILES string of the molecule is Cc1cccc(Nc2nc(NCCN)ncc2N)c1. The van der Waals surface area contributed by atoms with Crippen molar-refractivity contribution in [3.8, 4) is 0 Å². The van der Waals surface area contributed by atoms with Gasteiger partial charge in [-0.05, 0) is 24.6 Å². The zero-order chi connectivity index (χ0) is 13.7. The minimum Gasteiger partial charge on any atom is -0.394 e. The van der Waals surface area contributed by atoms with Gasteiger partial charge >= 0.3 is 0 Å². The fourth-order valence-electron chi connectivity index (χ4n) is 1.62. The molecule has 0 atom stereocenters. The van der Waals surface area contributed by atoms with Crippen molar-refractivity contribution in [1.82, 2.24) is 9.97 Å². The van der Waals surface area contributed by atoms with Crippen molar-refractivity contribution in [2.75, 3.05) is 29.5 Å². The lowest BCUT2D eigenvalue weighted by Crippen LogP contribution is -2.15. The van der Waals surface area contributed by atoms with Gasteiger partial charge < -0.3 is 22.1 Å². The quantitative estimate of drug-likeness (QED) is 0.648. The van der Waals surface area contributed by atoms with Crippen molar-refractivity contribution in [2.45, 2.75) is 6.92 Å². The highest BCUT2D eigenvalue weighted by molar-refractivity contribution is 5.69. The molecule has 6 N–H and O–H groups in total. The molecule has 2 rings (SSSR count). The molecule has 2 aromatic rings. The number of nitrogens with zero attached hydrogens (tertiary/aromatic N) is 2. The van der Waals surface area contributed by atoms with E-state index in [4.69, 9.17) is 11.5 Å². The van der Waals surface area contributed by atoms with Gasteiger partial charge in [-0.3, -0.25) is 0 Å². The first kappa shape index (κ1) is 13.1. The lowest BCUT2D eigenvalue weighted by atomic mass is 10.2. The number of nitrogens with two attached hydrogens (primary N) is 2. The Morgan fingerprint density at radius 3 is 2.89 bits per heavy atom. The van der Waals surface area contributed by atoms with E-state index < -0.39 is 0 Å². The molecule has 0 radical (unpaired) electrons. The van der Waals surface area contributed by atoms with Gasteiger partial charge in [0.15, 0.2) is 5.82 Å².